The number of esters is 1. The van der Waals surface area contributed by atoms with E-state index in [2.05, 4.69) is 0 Å². The highest BCUT2D eigenvalue weighted by molar-refractivity contribution is 5.89. The largest absolute Gasteiger partial charge is 0.550 e. The molecular formula is C14H17O4-. The van der Waals surface area contributed by atoms with Crippen LogP contribution in [0.3, 0.4) is 0 Å². The van der Waals surface area contributed by atoms with Gasteiger partial charge in [-0.05, 0) is 32.3 Å². The lowest BCUT2D eigenvalue weighted by atomic mass is 9.98. The summed E-state index contributed by atoms with van der Waals surface area (Å²) in [5.41, 5.74) is 0.476. The first-order chi connectivity index (χ1) is 8.39. The van der Waals surface area contributed by atoms with Crippen molar-refractivity contribution in [1.82, 2.24) is 0 Å². The summed E-state index contributed by atoms with van der Waals surface area (Å²) in [4.78, 5) is 21.5. The maximum Gasteiger partial charge on any atom is 0.312 e. The Hall–Kier alpha value is -1.84. The molecule has 4 nitrogen and oxygen atoms in total. The van der Waals surface area contributed by atoms with Crippen molar-refractivity contribution in [2.24, 2.45) is 0 Å². The van der Waals surface area contributed by atoms with Gasteiger partial charge < -0.3 is 14.6 Å². The van der Waals surface area contributed by atoms with Crippen LogP contribution in [0.4, 0.5) is 0 Å². The number of carboxylic acids is 1. The van der Waals surface area contributed by atoms with E-state index in [-0.39, 0.29) is 0 Å². The Morgan fingerprint density at radius 2 is 1.83 bits per heavy atom. The fraction of sp³-hybridized carbons (Fsp3) is 0.429. The number of carbonyl (C=O) groups is 2. The number of hydrogen-bond donors (Lipinski definition) is 0. The highest BCUT2D eigenvalue weighted by atomic mass is 16.6. The molecule has 18 heavy (non-hydrogen) atoms. The highest BCUT2D eigenvalue weighted by Gasteiger charge is 2.22. The minimum absolute atomic E-state index is 0.635. The van der Waals surface area contributed by atoms with Crippen molar-refractivity contribution >= 4 is 11.9 Å². The van der Waals surface area contributed by atoms with Crippen molar-refractivity contribution in [3.05, 3.63) is 35.9 Å². The van der Waals surface area contributed by atoms with Crippen LogP contribution >= 0.6 is 0 Å². The second-order valence-corrected chi connectivity index (χ2v) is 4.77. The van der Waals surface area contributed by atoms with Gasteiger partial charge in [0, 0.05) is 0 Å². The third kappa shape index (κ3) is 5.48. The van der Waals surface area contributed by atoms with Crippen molar-refractivity contribution in [3.63, 3.8) is 0 Å². The molecule has 1 aromatic rings. The number of aryl methyl sites for hydroxylation is 1. The van der Waals surface area contributed by atoms with Gasteiger partial charge in [-0.3, -0.25) is 4.79 Å². The highest BCUT2D eigenvalue weighted by Crippen LogP contribution is 2.18. The predicted octanol–water partition coefficient (Wildman–Crippen LogP) is 1.08. The molecule has 0 saturated heterocycles. The molecule has 0 heterocycles. The Balaban J connectivity index is 2.44. The maximum absolute atomic E-state index is 11.2. The summed E-state index contributed by atoms with van der Waals surface area (Å²) in [6.45, 7) is 3.53. The van der Waals surface area contributed by atoms with Crippen molar-refractivity contribution in [3.8, 4) is 0 Å². The molecule has 1 rings (SSSR count). The van der Waals surface area contributed by atoms with Crippen LogP contribution in [0.25, 0.3) is 0 Å². The van der Waals surface area contributed by atoms with Gasteiger partial charge in [0.2, 0.25) is 0 Å². The predicted molar refractivity (Wildman–Crippen MR) is 64.6 cm³/mol. The van der Waals surface area contributed by atoms with E-state index < -0.39 is 24.0 Å². The van der Waals surface area contributed by atoms with Crippen molar-refractivity contribution in [1.29, 1.82) is 0 Å². The number of hydrogen-bond acceptors (Lipinski definition) is 4. The lowest BCUT2D eigenvalue weighted by Gasteiger charge is -2.25. The monoisotopic (exact) mass is 249 g/mol. The summed E-state index contributed by atoms with van der Waals surface area (Å²) in [6.07, 6.45) is 0.705. The number of ether oxygens (including phenoxy) is 1. The first-order valence-corrected chi connectivity index (χ1v) is 5.85. The van der Waals surface area contributed by atoms with E-state index in [9.17, 15) is 14.7 Å². The minimum Gasteiger partial charge on any atom is -0.550 e. The molecule has 0 saturated carbocycles. The standard InChI is InChI=1S/C14H18O4/c1-14(2,18-13(17)10-12(15)16)9-8-11-6-4-3-5-7-11/h3-7H,8-10H2,1-2H3,(H,15,16)/p-1. The van der Waals surface area contributed by atoms with Crippen LogP contribution in [0.1, 0.15) is 32.3 Å². The van der Waals surface area contributed by atoms with Crippen LogP contribution < -0.4 is 5.11 Å². The van der Waals surface area contributed by atoms with Crippen molar-refractivity contribution in [2.45, 2.75) is 38.7 Å². The topological polar surface area (TPSA) is 66.4 Å². The fourth-order valence-corrected chi connectivity index (χ4v) is 1.60. The Morgan fingerprint density at radius 1 is 1.22 bits per heavy atom. The maximum atomic E-state index is 11.2. The zero-order chi connectivity index (χ0) is 13.6. The first kappa shape index (κ1) is 14.2. The van der Waals surface area contributed by atoms with Crippen LogP contribution in [0.15, 0.2) is 30.3 Å². The molecule has 0 aromatic heterocycles. The number of carboxylic acid groups (broad SMARTS) is 1. The van der Waals surface area contributed by atoms with Crippen LogP contribution in [0, 0.1) is 0 Å². The summed E-state index contributed by atoms with van der Waals surface area (Å²) in [5, 5.41) is 10.3. The number of carbonyl (C=O) groups excluding carboxylic acids is 2. The smallest absolute Gasteiger partial charge is 0.312 e. The molecule has 0 aliphatic rings. The summed E-state index contributed by atoms with van der Waals surface area (Å²) < 4.78 is 5.11. The Labute approximate surface area is 107 Å². The fourth-order valence-electron chi connectivity index (χ4n) is 1.60. The molecule has 0 aliphatic heterocycles. The molecule has 98 valence electrons. The zero-order valence-electron chi connectivity index (χ0n) is 10.6. The average Bonchev–Trinajstić information content (AvgIpc) is 2.26. The second kappa shape index (κ2) is 6.19. The normalized spacial score (nSPS) is 11.0. The Morgan fingerprint density at radius 3 is 2.39 bits per heavy atom. The van der Waals surface area contributed by atoms with E-state index >= 15 is 0 Å². The third-order valence-corrected chi connectivity index (χ3v) is 2.54. The van der Waals surface area contributed by atoms with E-state index in [1.165, 1.54) is 0 Å². The number of rotatable bonds is 6. The van der Waals surface area contributed by atoms with E-state index in [1.807, 2.05) is 30.3 Å². The van der Waals surface area contributed by atoms with Crippen LogP contribution in [-0.4, -0.2) is 17.5 Å². The van der Waals surface area contributed by atoms with Gasteiger partial charge in [-0.1, -0.05) is 30.3 Å². The quantitative estimate of drug-likeness (QED) is 0.559. The van der Waals surface area contributed by atoms with Gasteiger partial charge in [-0.25, -0.2) is 0 Å². The van der Waals surface area contributed by atoms with Crippen LogP contribution in [0.2, 0.25) is 0 Å². The van der Waals surface area contributed by atoms with Gasteiger partial charge in [-0.2, -0.15) is 0 Å². The van der Waals surface area contributed by atoms with Gasteiger partial charge in [0.1, 0.15) is 5.60 Å². The molecule has 4 heteroatoms. The van der Waals surface area contributed by atoms with Gasteiger partial charge in [0.05, 0.1) is 12.4 Å². The average molecular weight is 249 g/mol. The van der Waals surface area contributed by atoms with Gasteiger partial charge >= 0.3 is 5.97 Å². The van der Waals surface area contributed by atoms with Crippen molar-refractivity contribution in [2.75, 3.05) is 0 Å². The molecular weight excluding hydrogens is 232 g/mol. The van der Waals surface area contributed by atoms with Gasteiger partial charge in [0.25, 0.3) is 0 Å². The summed E-state index contributed by atoms with van der Waals surface area (Å²) in [6, 6.07) is 9.83. The van der Waals surface area contributed by atoms with Crippen molar-refractivity contribution < 1.29 is 19.4 Å². The molecule has 0 amide bonds. The van der Waals surface area contributed by atoms with E-state index in [4.69, 9.17) is 4.74 Å². The molecule has 0 spiro atoms. The third-order valence-electron chi connectivity index (χ3n) is 2.54. The molecule has 0 bridgehead atoms. The second-order valence-electron chi connectivity index (χ2n) is 4.77. The number of aliphatic carboxylic acids is 1. The molecule has 0 fully saturated rings. The molecule has 1 aromatic carbocycles. The minimum atomic E-state index is -1.42. The molecule has 0 N–H and O–H groups in total. The van der Waals surface area contributed by atoms with E-state index in [0.29, 0.717) is 6.42 Å². The Bertz CT molecular complexity index is 409. The van der Waals surface area contributed by atoms with Crippen LogP contribution in [-0.2, 0) is 20.7 Å². The number of benzene rings is 1. The molecule has 0 atom stereocenters. The summed E-state index contributed by atoms with van der Waals surface area (Å²) in [7, 11) is 0. The Kier molecular flexibility index (Phi) is 4.89. The summed E-state index contributed by atoms with van der Waals surface area (Å²) >= 11 is 0. The first-order valence-electron chi connectivity index (χ1n) is 5.85. The van der Waals surface area contributed by atoms with E-state index in [1.54, 1.807) is 13.8 Å². The zero-order valence-corrected chi connectivity index (χ0v) is 10.6. The lowest BCUT2D eigenvalue weighted by Crippen LogP contribution is -2.33. The van der Waals surface area contributed by atoms with Gasteiger partial charge in [-0.15, -0.1) is 0 Å². The van der Waals surface area contributed by atoms with E-state index in [0.717, 1.165) is 12.0 Å². The molecule has 0 radical (unpaired) electrons. The summed E-state index contributed by atoms with van der Waals surface area (Å²) in [5.74, 6) is -2.17. The van der Waals surface area contributed by atoms with Crippen LogP contribution in [0.5, 0.6) is 0 Å². The molecule has 0 aliphatic carbocycles. The SMILES string of the molecule is CC(C)(CCc1ccccc1)OC(=O)CC(=O)[O-]. The molecule has 0 unspecified atom stereocenters. The van der Waals surface area contributed by atoms with Gasteiger partial charge in [0.15, 0.2) is 0 Å². The lowest BCUT2D eigenvalue weighted by molar-refractivity contribution is -0.305.